The molecule has 30 heavy (non-hydrogen) atoms. The molecule has 8 heteroatoms. The SMILES string of the molecule is O=C(CN1CCN(c2ccc(C(=O)c3ccccc3)cc2[N+](=O)[O-])CC1)NC1CC1. The van der Waals surface area contributed by atoms with Crippen molar-refractivity contribution in [2.75, 3.05) is 37.6 Å². The maximum Gasteiger partial charge on any atom is 0.293 e. The number of nitrogens with zero attached hydrogens (tertiary/aromatic N) is 3. The smallest absolute Gasteiger partial charge is 0.293 e. The minimum absolute atomic E-state index is 0.0423. The van der Waals surface area contributed by atoms with E-state index in [9.17, 15) is 19.7 Å². The minimum atomic E-state index is -0.438. The molecule has 0 atom stereocenters. The Hall–Kier alpha value is -3.26. The highest BCUT2D eigenvalue weighted by Gasteiger charge is 2.28. The summed E-state index contributed by atoms with van der Waals surface area (Å²) in [6.45, 7) is 2.84. The van der Waals surface area contributed by atoms with Crippen LogP contribution in [0, 0.1) is 10.1 Å². The Morgan fingerprint density at radius 1 is 1.00 bits per heavy atom. The van der Waals surface area contributed by atoms with E-state index < -0.39 is 4.92 Å². The number of benzene rings is 2. The molecule has 1 aliphatic carbocycles. The predicted molar refractivity (Wildman–Crippen MR) is 113 cm³/mol. The molecule has 1 heterocycles. The van der Waals surface area contributed by atoms with Crippen molar-refractivity contribution in [1.82, 2.24) is 10.2 Å². The van der Waals surface area contributed by atoms with E-state index in [-0.39, 0.29) is 17.4 Å². The van der Waals surface area contributed by atoms with Crippen molar-refractivity contribution < 1.29 is 14.5 Å². The summed E-state index contributed by atoms with van der Waals surface area (Å²) in [6.07, 6.45) is 2.12. The number of rotatable bonds is 7. The van der Waals surface area contributed by atoms with Crippen LogP contribution in [0.3, 0.4) is 0 Å². The molecule has 0 bridgehead atoms. The van der Waals surface area contributed by atoms with Gasteiger partial charge >= 0.3 is 0 Å². The van der Waals surface area contributed by atoms with Gasteiger partial charge in [0.25, 0.3) is 5.69 Å². The predicted octanol–water partition coefficient (Wildman–Crippen LogP) is 2.23. The van der Waals surface area contributed by atoms with E-state index in [1.165, 1.54) is 6.07 Å². The molecular weight excluding hydrogens is 384 g/mol. The first-order valence-electron chi connectivity index (χ1n) is 10.2. The fraction of sp³-hybridized carbons (Fsp3) is 0.364. The topological polar surface area (TPSA) is 95.8 Å². The van der Waals surface area contributed by atoms with Crippen molar-refractivity contribution in [3.8, 4) is 0 Å². The summed E-state index contributed by atoms with van der Waals surface area (Å²) in [5.41, 5.74) is 1.23. The van der Waals surface area contributed by atoms with Crippen molar-refractivity contribution in [3.05, 3.63) is 69.8 Å². The molecule has 0 unspecified atom stereocenters. The maximum absolute atomic E-state index is 12.7. The van der Waals surface area contributed by atoms with Crippen molar-refractivity contribution in [2.45, 2.75) is 18.9 Å². The number of hydrogen-bond donors (Lipinski definition) is 1. The van der Waals surface area contributed by atoms with Crippen LogP contribution < -0.4 is 10.2 Å². The molecule has 1 aliphatic heterocycles. The monoisotopic (exact) mass is 408 g/mol. The number of nitro benzene ring substituents is 1. The molecule has 1 N–H and O–H groups in total. The van der Waals surface area contributed by atoms with E-state index in [4.69, 9.17) is 0 Å². The van der Waals surface area contributed by atoms with E-state index in [0.717, 1.165) is 12.8 Å². The molecule has 8 nitrogen and oxygen atoms in total. The standard InChI is InChI=1S/C22H24N4O4/c27-21(23-18-7-8-18)15-24-10-12-25(13-11-24)19-9-6-17(14-20(19)26(29)30)22(28)16-4-2-1-3-5-16/h1-6,9,14,18H,7-8,10-13,15H2,(H,23,27). The zero-order chi connectivity index (χ0) is 21.1. The van der Waals surface area contributed by atoms with Crippen molar-refractivity contribution in [2.24, 2.45) is 0 Å². The molecular formula is C22H24N4O4. The Kier molecular flexibility index (Phi) is 5.76. The minimum Gasteiger partial charge on any atom is -0.363 e. The van der Waals surface area contributed by atoms with Gasteiger partial charge in [0.2, 0.25) is 5.91 Å². The third-order valence-corrected chi connectivity index (χ3v) is 5.49. The van der Waals surface area contributed by atoms with Crippen LogP contribution >= 0.6 is 0 Å². The zero-order valence-corrected chi connectivity index (χ0v) is 16.6. The third kappa shape index (κ3) is 4.65. The number of nitrogens with one attached hydrogen (secondary N) is 1. The number of hydrogen-bond acceptors (Lipinski definition) is 6. The van der Waals surface area contributed by atoms with Crippen LogP contribution in [0.2, 0.25) is 0 Å². The van der Waals surface area contributed by atoms with Crippen LogP contribution in [0.1, 0.15) is 28.8 Å². The van der Waals surface area contributed by atoms with Crippen LogP contribution in [0.4, 0.5) is 11.4 Å². The zero-order valence-electron chi connectivity index (χ0n) is 16.6. The van der Waals surface area contributed by atoms with E-state index in [1.807, 2.05) is 11.0 Å². The average Bonchev–Trinajstić information content (AvgIpc) is 3.58. The molecule has 2 aromatic carbocycles. The first-order chi connectivity index (χ1) is 14.5. The second-order valence-corrected chi connectivity index (χ2v) is 7.76. The van der Waals surface area contributed by atoms with Gasteiger partial charge in [-0.2, -0.15) is 0 Å². The van der Waals surface area contributed by atoms with Gasteiger partial charge in [-0.05, 0) is 25.0 Å². The average molecular weight is 408 g/mol. The quantitative estimate of drug-likeness (QED) is 0.429. The highest BCUT2D eigenvalue weighted by Crippen LogP contribution is 2.31. The molecule has 2 fully saturated rings. The van der Waals surface area contributed by atoms with Crippen molar-refractivity contribution >= 4 is 23.1 Å². The van der Waals surface area contributed by atoms with Gasteiger partial charge < -0.3 is 10.2 Å². The normalized spacial score (nSPS) is 16.9. The Labute approximate surface area is 174 Å². The molecule has 0 spiro atoms. The van der Waals surface area contributed by atoms with Gasteiger partial charge in [0.05, 0.1) is 11.5 Å². The summed E-state index contributed by atoms with van der Waals surface area (Å²) >= 11 is 0. The molecule has 156 valence electrons. The molecule has 1 saturated heterocycles. The van der Waals surface area contributed by atoms with Crippen LogP contribution in [0.15, 0.2) is 48.5 Å². The highest BCUT2D eigenvalue weighted by molar-refractivity contribution is 6.09. The summed E-state index contributed by atoms with van der Waals surface area (Å²) in [7, 11) is 0. The van der Waals surface area contributed by atoms with E-state index in [0.29, 0.717) is 55.6 Å². The molecule has 1 saturated carbocycles. The fourth-order valence-corrected chi connectivity index (χ4v) is 3.69. The van der Waals surface area contributed by atoms with Gasteiger partial charge in [0.15, 0.2) is 5.78 Å². The largest absolute Gasteiger partial charge is 0.363 e. The molecule has 1 amide bonds. The number of amides is 1. The fourth-order valence-electron chi connectivity index (χ4n) is 3.69. The third-order valence-electron chi connectivity index (χ3n) is 5.49. The molecule has 4 rings (SSSR count). The van der Waals surface area contributed by atoms with Gasteiger partial charge in [-0.3, -0.25) is 24.6 Å². The van der Waals surface area contributed by atoms with Crippen LogP contribution in [0.5, 0.6) is 0 Å². The van der Waals surface area contributed by atoms with Crippen molar-refractivity contribution in [3.63, 3.8) is 0 Å². The Balaban J connectivity index is 1.44. The number of ketones is 1. The molecule has 0 aromatic heterocycles. The Bertz CT molecular complexity index is 951. The van der Waals surface area contributed by atoms with Gasteiger partial charge in [0.1, 0.15) is 5.69 Å². The first kappa shape index (κ1) is 20.0. The summed E-state index contributed by atoms with van der Waals surface area (Å²) in [5, 5.41) is 14.7. The van der Waals surface area contributed by atoms with E-state index >= 15 is 0 Å². The second-order valence-electron chi connectivity index (χ2n) is 7.76. The lowest BCUT2D eigenvalue weighted by Crippen LogP contribution is -2.49. The van der Waals surface area contributed by atoms with Crippen LogP contribution in [-0.4, -0.2) is 60.3 Å². The van der Waals surface area contributed by atoms with Gasteiger partial charge in [-0.1, -0.05) is 30.3 Å². The molecule has 2 aliphatic rings. The lowest BCUT2D eigenvalue weighted by molar-refractivity contribution is -0.384. The maximum atomic E-state index is 12.7. The van der Waals surface area contributed by atoms with E-state index in [1.54, 1.807) is 36.4 Å². The van der Waals surface area contributed by atoms with Gasteiger partial charge in [0, 0.05) is 49.4 Å². The highest BCUT2D eigenvalue weighted by atomic mass is 16.6. The Morgan fingerprint density at radius 3 is 2.33 bits per heavy atom. The summed E-state index contributed by atoms with van der Waals surface area (Å²) in [5.74, 6) is -0.197. The van der Waals surface area contributed by atoms with Gasteiger partial charge in [-0.25, -0.2) is 0 Å². The number of nitro groups is 1. The number of anilines is 1. The summed E-state index contributed by atoms with van der Waals surface area (Å²) < 4.78 is 0. The number of carbonyl (C=O) groups is 2. The number of carbonyl (C=O) groups excluding carboxylic acids is 2. The second kappa shape index (κ2) is 8.62. The summed E-state index contributed by atoms with van der Waals surface area (Å²) in [4.78, 5) is 39.9. The van der Waals surface area contributed by atoms with Crippen LogP contribution in [0.25, 0.3) is 0 Å². The Morgan fingerprint density at radius 2 is 1.70 bits per heavy atom. The molecule has 0 radical (unpaired) electrons. The molecule has 2 aromatic rings. The van der Waals surface area contributed by atoms with Crippen molar-refractivity contribution in [1.29, 1.82) is 0 Å². The van der Waals surface area contributed by atoms with Gasteiger partial charge in [-0.15, -0.1) is 0 Å². The lowest BCUT2D eigenvalue weighted by atomic mass is 10.0. The summed E-state index contributed by atoms with van der Waals surface area (Å²) in [6, 6.07) is 13.7. The lowest BCUT2D eigenvalue weighted by Gasteiger charge is -2.35. The van der Waals surface area contributed by atoms with E-state index in [2.05, 4.69) is 10.2 Å². The first-order valence-corrected chi connectivity index (χ1v) is 10.2. The van der Waals surface area contributed by atoms with Crippen LogP contribution in [-0.2, 0) is 4.79 Å². The number of piperazine rings is 1.